The van der Waals surface area contributed by atoms with Gasteiger partial charge in [0.1, 0.15) is 28.2 Å². The summed E-state index contributed by atoms with van der Waals surface area (Å²) in [6.45, 7) is 2.07. The summed E-state index contributed by atoms with van der Waals surface area (Å²) in [6, 6.07) is 25.5. The van der Waals surface area contributed by atoms with Gasteiger partial charge >= 0.3 is 0 Å². The minimum atomic E-state index is -0.0129. The third kappa shape index (κ3) is 4.05. The van der Waals surface area contributed by atoms with Crippen LogP contribution in [-0.4, -0.2) is 24.1 Å². The molecule has 7 rings (SSSR count). The maximum Gasteiger partial charge on any atom is 0.265 e. The lowest BCUT2D eigenvalue weighted by molar-refractivity contribution is 0.337. The second kappa shape index (κ2) is 9.66. The number of ether oxygens (including phenoxy) is 1. The van der Waals surface area contributed by atoms with E-state index in [9.17, 15) is 4.79 Å². The maximum atomic E-state index is 14.3. The van der Waals surface area contributed by atoms with Crippen molar-refractivity contribution in [1.29, 1.82) is 0 Å². The molecule has 1 aliphatic rings. The Morgan fingerprint density at radius 3 is 2.15 bits per heavy atom. The van der Waals surface area contributed by atoms with E-state index in [0.29, 0.717) is 28.6 Å². The van der Waals surface area contributed by atoms with Crippen molar-refractivity contribution >= 4 is 33.2 Å². The Morgan fingerprint density at radius 1 is 0.769 bits per heavy atom. The maximum absolute atomic E-state index is 14.3. The van der Waals surface area contributed by atoms with Crippen LogP contribution in [0.1, 0.15) is 50.9 Å². The molecule has 0 spiro atoms. The molecule has 3 aromatic heterocycles. The molecule has 1 fully saturated rings. The summed E-state index contributed by atoms with van der Waals surface area (Å²) >= 11 is 0. The number of aromatic nitrogens is 5. The number of hydrogen-bond acceptors (Lipinski definition) is 5. The third-order valence-electron chi connectivity index (χ3n) is 7.71. The van der Waals surface area contributed by atoms with E-state index in [2.05, 4.69) is 6.92 Å². The van der Waals surface area contributed by atoms with Gasteiger partial charge in [0.05, 0.1) is 11.0 Å². The Labute approximate surface area is 225 Å². The molecule has 3 heterocycles. The molecule has 0 radical (unpaired) electrons. The number of hydrogen-bond donors (Lipinski definition) is 0. The smallest absolute Gasteiger partial charge is 0.265 e. The summed E-state index contributed by atoms with van der Waals surface area (Å²) in [4.78, 5) is 29.4. The lowest BCUT2D eigenvalue weighted by Gasteiger charge is -2.26. The Hall–Kier alpha value is -4.52. The van der Waals surface area contributed by atoms with Crippen LogP contribution in [0.25, 0.3) is 38.9 Å². The zero-order valence-corrected chi connectivity index (χ0v) is 21.9. The van der Waals surface area contributed by atoms with E-state index in [-0.39, 0.29) is 11.6 Å². The van der Waals surface area contributed by atoms with Crippen molar-refractivity contribution in [3.63, 3.8) is 0 Å². The van der Waals surface area contributed by atoms with Crippen LogP contribution in [0.15, 0.2) is 83.7 Å². The molecule has 0 bridgehead atoms. The predicted octanol–water partition coefficient (Wildman–Crippen LogP) is 7.14. The fourth-order valence-electron chi connectivity index (χ4n) is 5.85. The quantitative estimate of drug-likeness (QED) is 0.244. The van der Waals surface area contributed by atoms with Crippen molar-refractivity contribution in [3.05, 3.63) is 95.0 Å². The second-order valence-corrected chi connectivity index (χ2v) is 10.2. The minimum Gasteiger partial charge on any atom is -0.457 e. The number of aryl methyl sites for hydroxylation is 1. The summed E-state index contributed by atoms with van der Waals surface area (Å²) < 4.78 is 9.95. The van der Waals surface area contributed by atoms with Gasteiger partial charge < -0.3 is 4.74 Å². The predicted molar refractivity (Wildman–Crippen MR) is 154 cm³/mol. The van der Waals surface area contributed by atoms with Crippen molar-refractivity contribution in [2.24, 2.45) is 0 Å². The third-order valence-corrected chi connectivity index (χ3v) is 7.71. The molecule has 6 aromatic rings. The van der Waals surface area contributed by atoms with Gasteiger partial charge in [0.25, 0.3) is 5.56 Å². The fourth-order valence-corrected chi connectivity index (χ4v) is 5.85. The normalized spacial score (nSPS) is 14.4. The molecule has 0 aliphatic heterocycles. The Balaban J connectivity index is 1.47. The van der Waals surface area contributed by atoms with E-state index in [4.69, 9.17) is 19.7 Å². The van der Waals surface area contributed by atoms with Gasteiger partial charge in [-0.25, -0.2) is 15.0 Å². The van der Waals surface area contributed by atoms with Gasteiger partial charge in [-0.2, -0.15) is 0 Å². The SMILES string of the molecule is CCc1nc2c(c(=O)n1C1CCCCC1)c1nc3ccccc3nc1n2-c1ccc(Oc2ccccc2)cc1. The molecule has 39 heavy (non-hydrogen) atoms. The molecule has 1 aliphatic carbocycles. The van der Waals surface area contributed by atoms with E-state index in [0.717, 1.165) is 59.7 Å². The van der Waals surface area contributed by atoms with E-state index in [1.54, 1.807) is 0 Å². The van der Waals surface area contributed by atoms with Crippen molar-refractivity contribution in [2.75, 3.05) is 0 Å². The van der Waals surface area contributed by atoms with Crippen LogP contribution in [-0.2, 0) is 6.42 Å². The van der Waals surface area contributed by atoms with Gasteiger partial charge in [0.2, 0.25) is 0 Å². The fraction of sp³-hybridized carbons (Fsp3) is 0.250. The largest absolute Gasteiger partial charge is 0.457 e. The van der Waals surface area contributed by atoms with Crippen molar-refractivity contribution in [3.8, 4) is 17.2 Å². The van der Waals surface area contributed by atoms with Gasteiger partial charge in [-0.1, -0.05) is 56.5 Å². The summed E-state index contributed by atoms with van der Waals surface area (Å²) in [5.41, 5.74) is 4.21. The first-order valence-corrected chi connectivity index (χ1v) is 13.8. The van der Waals surface area contributed by atoms with Crippen molar-refractivity contribution < 1.29 is 4.74 Å². The van der Waals surface area contributed by atoms with E-state index < -0.39 is 0 Å². The highest BCUT2D eigenvalue weighted by Gasteiger charge is 2.26. The highest BCUT2D eigenvalue weighted by Crippen LogP contribution is 2.33. The van der Waals surface area contributed by atoms with E-state index >= 15 is 0 Å². The number of nitrogens with zero attached hydrogens (tertiary/aromatic N) is 5. The molecule has 3 aromatic carbocycles. The number of para-hydroxylation sites is 3. The highest BCUT2D eigenvalue weighted by molar-refractivity contribution is 6.05. The van der Waals surface area contributed by atoms with Crippen LogP contribution in [0.3, 0.4) is 0 Å². The summed E-state index contributed by atoms with van der Waals surface area (Å²) in [7, 11) is 0. The first-order chi connectivity index (χ1) is 19.2. The molecule has 0 N–H and O–H groups in total. The zero-order valence-electron chi connectivity index (χ0n) is 21.9. The van der Waals surface area contributed by atoms with Crippen LogP contribution in [0.5, 0.6) is 11.5 Å². The molecule has 7 nitrogen and oxygen atoms in total. The standard InChI is InChI=1S/C32H29N5O2/c1-2-27-35-30-28(32(38)36(27)21-11-5-3-6-12-21)29-31(34-26-16-10-9-15-25(26)33-29)37(30)22-17-19-24(20-18-22)39-23-13-7-4-8-14-23/h4,7-10,13-21H,2-3,5-6,11-12H2,1H3. The molecular weight excluding hydrogens is 486 g/mol. The molecule has 7 heteroatoms. The van der Waals surface area contributed by atoms with E-state index in [1.807, 2.05) is 88.0 Å². The van der Waals surface area contributed by atoms with Crippen molar-refractivity contribution in [1.82, 2.24) is 24.1 Å². The molecule has 0 amide bonds. The van der Waals surface area contributed by atoms with Gasteiger partial charge in [-0.15, -0.1) is 0 Å². The van der Waals surface area contributed by atoms with E-state index in [1.165, 1.54) is 6.42 Å². The van der Waals surface area contributed by atoms with Gasteiger partial charge in [0, 0.05) is 18.2 Å². The lowest BCUT2D eigenvalue weighted by atomic mass is 9.95. The first-order valence-electron chi connectivity index (χ1n) is 13.8. The van der Waals surface area contributed by atoms with Crippen LogP contribution in [0.2, 0.25) is 0 Å². The van der Waals surface area contributed by atoms with Gasteiger partial charge in [0.15, 0.2) is 11.3 Å². The molecule has 0 saturated heterocycles. The molecular formula is C32H29N5O2. The van der Waals surface area contributed by atoms with Crippen LogP contribution in [0.4, 0.5) is 0 Å². The molecule has 0 unspecified atom stereocenters. The average molecular weight is 516 g/mol. The summed E-state index contributed by atoms with van der Waals surface area (Å²) in [6.07, 6.45) is 6.20. The highest BCUT2D eigenvalue weighted by atomic mass is 16.5. The minimum absolute atomic E-state index is 0.0129. The first kappa shape index (κ1) is 23.6. The Kier molecular flexibility index (Phi) is 5.84. The average Bonchev–Trinajstić information content (AvgIpc) is 3.30. The summed E-state index contributed by atoms with van der Waals surface area (Å²) in [5.74, 6) is 2.32. The summed E-state index contributed by atoms with van der Waals surface area (Å²) in [5, 5.41) is 0.538. The van der Waals surface area contributed by atoms with Crippen LogP contribution < -0.4 is 10.3 Å². The topological polar surface area (TPSA) is 74.8 Å². The number of rotatable bonds is 5. The van der Waals surface area contributed by atoms with Gasteiger partial charge in [-0.05, 0) is 61.4 Å². The molecule has 194 valence electrons. The number of benzene rings is 3. The Bertz CT molecular complexity index is 1870. The monoisotopic (exact) mass is 515 g/mol. The van der Waals surface area contributed by atoms with Crippen LogP contribution >= 0.6 is 0 Å². The number of fused-ring (bicyclic) bond motifs is 4. The molecule has 0 atom stereocenters. The van der Waals surface area contributed by atoms with Gasteiger partial charge in [-0.3, -0.25) is 13.9 Å². The second-order valence-electron chi connectivity index (χ2n) is 10.2. The Morgan fingerprint density at radius 2 is 1.44 bits per heavy atom. The van der Waals surface area contributed by atoms with Crippen LogP contribution in [0, 0.1) is 0 Å². The zero-order chi connectivity index (χ0) is 26.3. The molecule has 1 saturated carbocycles. The van der Waals surface area contributed by atoms with Crippen molar-refractivity contribution in [2.45, 2.75) is 51.5 Å². The lowest BCUT2D eigenvalue weighted by Crippen LogP contribution is -2.30.